The summed E-state index contributed by atoms with van der Waals surface area (Å²) in [7, 11) is 1.61. The first kappa shape index (κ1) is 15.3. The van der Waals surface area contributed by atoms with Gasteiger partial charge in [-0.25, -0.2) is 4.39 Å². The summed E-state index contributed by atoms with van der Waals surface area (Å²) in [5.74, 6) is 0.489. The van der Waals surface area contributed by atoms with E-state index in [9.17, 15) is 4.39 Å². The lowest BCUT2D eigenvalue weighted by Crippen LogP contribution is -2.14. The molecule has 0 fully saturated rings. The zero-order chi connectivity index (χ0) is 14.5. The molecule has 5 heteroatoms. The van der Waals surface area contributed by atoms with Gasteiger partial charge in [-0.2, -0.15) is 0 Å². The minimum absolute atomic E-state index is 0.250. The zero-order valence-corrected chi connectivity index (χ0v) is 13.3. The summed E-state index contributed by atoms with van der Waals surface area (Å²) in [6.45, 7) is 1.08. The predicted octanol–water partition coefficient (Wildman–Crippen LogP) is 4.54. The van der Waals surface area contributed by atoms with Gasteiger partial charge in [-0.15, -0.1) is 0 Å². The van der Waals surface area contributed by atoms with Crippen LogP contribution in [0, 0.1) is 5.82 Å². The van der Waals surface area contributed by atoms with Gasteiger partial charge in [0.1, 0.15) is 11.6 Å². The average Bonchev–Trinajstić information content (AvgIpc) is 2.44. The van der Waals surface area contributed by atoms with E-state index in [-0.39, 0.29) is 5.82 Å². The first-order valence-electron chi connectivity index (χ1n) is 6.08. The molecule has 0 saturated carbocycles. The van der Waals surface area contributed by atoms with Crippen LogP contribution in [0.5, 0.6) is 5.75 Å². The van der Waals surface area contributed by atoms with Gasteiger partial charge < -0.3 is 10.1 Å². The quantitative estimate of drug-likeness (QED) is 0.847. The van der Waals surface area contributed by atoms with Crippen LogP contribution in [-0.2, 0) is 13.1 Å². The summed E-state index contributed by atoms with van der Waals surface area (Å²) in [5.41, 5.74) is 1.75. The molecule has 2 aromatic rings. The van der Waals surface area contributed by atoms with E-state index in [0.717, 1.165) is 21.3 Å². The van der Waals surface area contributed by atoms with Crippen molar-refractivity contribution in [2.45, 2.75) is 13.1 Å². The van der Waals surface area contributed by atoms with Gasteiger partial charge in [-0.1, -0.05) is 33.6 Å². The third-order valence-corrected chi connectivity index (χ3v) is 4.05. The first-order chi connectivity index (χ1) is 9.61. The van der Waals surface area contributed by atoms with E-state index in [1.54, 1.807) is 13.2 Å². The van der Waals surface area contributed by atoms with Gasteiger partial charge >= 0.3 is 0 Å². The highest BCUT2D eigenvalue weighted by molar-refractivity contribution is 9.10. The second-order valence-corrected chi connectivity index (χ2v) is 5.52. The van der Waals surface area contributed by atoms with E-state index in [4.69, 9.17) is 16.3 Å². The topological polar surface area (TPSA) is 21.3 Å². The van der Waals surface area contributed by atoms with E-state index in [2.05, 4.69) is 21.2 Å². The third kappa shape index (κ3) is 3.72. The van der Waals surface area contributed by atoms with Crippen LogP contribution in [0.3, 0.4) is 0 Å². The number of halogens is 3. The summed E-state index contributed by atoms with van der Waals surface area (Å²) < 4.78 is 19.3. The highest BCUT2D eigenvalue weighted by Gasteiger charge is 2.08. The number of hydrogen-bond acceptors (Lipinski definition) is 2. The number of ether oxygens (including phenoxy) is 1. The lowest BCUT2D eigenvalue weighted by Gasteiger charge is -2.12. The van der Waals surface area contributed by atoms with Gasteiger partial charge in [0.25, 0.3) is 0 Å². The van der Waals surface area contributed by atoms with Gasteiger partial charge in [0.05, 0.1) is 7.11 Å². The van der Waals surface area contributed by atoms with Gasteiger partial charge in [0.2, 0.25) is 0 Å². The second kappa shape index (κ2) is 7.07. The molecule has 0 unspecified atom stereocenters. The first-order valence-corrected chi connectivity index (χ1v) is 7.25. The summed E-state index contributed by atoms with van der Waals surface area (Å²) in [6.07, 6.45) is 0. The molecule has 0 heterocycles. The van der Waals surface area contributed by atoms with Crippen LogP contribution in [0.4, 0.5) is 4.39 Å². The molecule has 2 nitrogen and oxygen atoms in total. The Hall–Kier alpha value is -1.10. The maximum Gasteiger partial charge on any atom is 0.124 e. The Morgan fingerprint density at radius 2 is 2.05 bits per heavy atom. The molecule has 0 spiro atoms. The van der Waals surface area contributed by atoms with Crippen LogP contribution in [0.15, 0.2) is 40.9 Å². The third-order valence-electron chi connectivity index (χ3n) is 2.92. The van der Waals surface area contributed by atoms with Crippen molar-refractivity contribution in [3.8, 4) is 5.75 Å². The van der Waals surface area contributed by atoms with E-state index in [1.807, 2.05) is 18.2 Å². The molecule has 106 valence electrons. The van der Waals surface area contributed by atoms with Crippen molar-refractivity contribution in [3.05, 3.63) is 62.8 Å². The normalized spacial score (nSPS) is 10.6. The molecule has 0 bridgehead atoms. The zero-order valence-electron chi connectivity index (χ0n) is 10.9. The Morgan fingerprint density at radius 1 is 1.25 bits per heavy atom. The Labute approximate surface area is 131 Å². The summed E-state index contributed by atoms with van der Waals surface area (Å²) >= 11 is 9.56. The van der Waals surface area contributed by atoms with E-state index >= 15 is 0 Å². The van der Waals surface area contributed by atoms with Crippen LogP contribution < -0.4 is 10.1 Å². The molecule has 0 atom stereocenters. The van der Waals surface area contributed by atoms with Gasteiger partial charge in [0, 0.05) is 28.1 Å². The van der Waals surface area contributed by atoms with E-state index in [0.29, 0.717) is 18.1 Å². The van der Waals surface area contributed by atoms with Crippen molar-refractivity contribution in [3.63, 3.8) is 0 Å². The van der Waals surface area contributed by atoms with Gasteiger partial charge in [-0.3, -0.25) is 0 Å². The lowest BCUT2D eigenvalue weighted by molar-refractivity contribution is 0.407. The number of hydrogen-bond donors (Lipinski definition) is 1. The van der Waals surface area contributed by atoms with Crippen LogP contribution >= 0.6 is 27.5 Å². The van der Waals surface area contributed by atoms with Crippen molar-refractivity contribution in [1.82, 2.24) is 5.32 Å². The summed E-state index contributed by atoms with van der Waals surface area (Å²) in [4.78, 5) is 0. The van der Waals surface area contributed by atoms with Crippen LogP contribution in [0.1, 0.15) is 11.1 Å². The van der Waals surface area contributed by atoms with Crippen LogP contribution in [-0.4, -0.2) is 7.11 Å². The maximum absolute atomic E-state index is 13.2. The number of rotatable bonds is 5. The van der Waals surface area contributed by atoms with Crippen molar-refractivity contribution in [2.75, 3.05) is 7.11 Å². The van der Waals surface area contributed by atoms with Crippen molar-refractivity contribution >= 4 is 27.5 Å². The molecular weight excluding hydrogens is 345 g/mol. The average molecular weight is 359 g/mol. The highest BCUT2D eigenvalue weighted by atomic mass is 79.9. The van der Waals surface area contributed by atoms with Gasteiger partial charge in [0.15, 0.2) is 0 Å². The molecule has 0 aliphatic rings. The Balaban J connectivity index is 2.05. The van der Waals surface area contributed by atoms with Crippen molar-refractivity contribution in [2.24, 2.45) is 0 Å². The van der Waals surface area contributed by atoms with Crippen molar-refractivity contribution in [1.29, 1.82) is 0 Å². The van der Waals surface area contributed by atoms with Crippen LogP contribution in [0.25, 0.3) is 0 Å². The number of benzene rings is 2. The summed E-state index contributed by atoms with van der Waals surface area (Å²) in [6, 6.07) is 10.1. The predicted molar refractivity (Wildman–Crippen MR) is 82.6 cm³/mol. The van der Waals surface area contributed by atoms with Gasteiger partial charge in [-0.05, 0) is 35.9 Å². The molecule has 20 heavy (non-hydrogen) atoms. The largest absolute Gasteiger partial charge is 0.496 e. The molecule has 0 aromatic heterocycles. The Morgan fingerprint density at radius 3 is 2.80 bits per heavy atom. The maximum atomic E-state index is 13.2. The molecule has 2 rings (SSSR count). The molecule has 0 aliphatic heterocycles. The minimum atomic E-state index is -0.250. The van der Waals surface area contributed by atoms with E-state index < -0.39 is 0 Å². The highest BCUT2D eigenvalue weighted by Crippen LogP contribution is 2.26. The molecule has 0 saturated heterocycles. The smallest absolute Gasteiger partial charge is 0.124 e. The molecule has 1 N–H and O–H groups in total. The Bertz CT molecular complexity index is 606. The fraction of sp³-hybridized carbons (Fsp3) is 0.200. The molecule has 2 aromatic carbocycles. The fourth-order valence-corrected chi connectivity index (χ4v) is 2.52. The monoisotopic (exact) mass is 357 g/mol. The lowest BCUT2D eigenvalue weighted by atomic mass is 10.2. The van der Waals surface area contributed by atoms with E-state index in [1.165, 1.54) is 12.1 Å². The molecule has 0 amide bonds. The molecular formula is C15H14BrClFNO. The number of methoxy groups -OCH3 is 1. The minimum Gasteiger partial charge on any atom is -0.496 e. The standard InChI is InChI=1S/C15H14BrClFNO/c1-20-15-4-2-3-14(17)12(15)9-19-8-10-7-11(18)5-6-13(10)16/h2-7,19H,8-9H2,1H3. The second-order valence-electron chi connectivity index (χ2n) is 4.26. The summed E-state index contributed by atoms with van der Waals surface area (Å²) in [5, 5.41) is 3.89. The van der Waals surface area contributed by atoms with Crippen LogP contribution in [0.2, 0.25) is 5.02 Å². The fourth-order valence-electron chi connectivity index (χ4n) is 1.90. The SMILES string of the molecule is COc1cccc(Cl)c1CNCc1cc(F)ccc1Br. The Kier molecular flexibility index (Phi) is 5.40. The van der Waals surface area contributed by atoms with Crippen molar-refractivity contribution < 1.29 is 9.13 Å². The molecule has 0 aliphatic carbocycles. The number of nitrogens with one attached hydrogen (secondary N) is 1. The molecule has 0 radical (unpaired) electrons.